The molecule has 2 N–H and O–H groups in total. The molecule has 4 heterocycles. The molecule has 2 atom stereocenters. The summed E-state index contributed by atoms with van der Waals surface area (Å²) in [6, 6.07) is 7.93. The highest BCUT2D eigenvalue weighted by Crippen LogP contribution is 2.43. The van der Waals surface area contributed by atoms with Crippen molar-refractivity contribution < 1.29 is 17.6 Å². The van der Waals surface area contributed by atoms with E-state index in [4.69, 9.17) is 5.73 Å². The molecule has 2 aliphatic rings. The Labute approximate surface area is 192 Å². The van der Waals surface area contributed by atoms with Crippen LogP contribution >= 0.6 is 0 Å². The lowest BCUT2D eigenvalue weighted by molar-refractivity contribution is -0.183. The van der Waals surface area contributed by atoms with Crippen LogP contribution in [0, 0.1) is 5.82 Å². The summed E-state index contributed by atoms with van der Waals surface area (Å²) in [5, 5.41) is 8.90. The Balaban J connectivity index is 1.45. The molecule has 1 aromatic carbocycles. The first-order valence-electron chi connectivity index (χ1n) is 11.3. The van der Waals surface area contributed by atoms with Gasteiger partial charge in [-0.2, -0.15) is 13.2 Å². The monoisotopic (exact) mass is 470 g/mol. The van der Waals surface area contributed by atoms with E-state index in [9.17, 15) is 13.2 Å². The molecule has 6 rings (SSSR count). The summed E-state index contributed by atoms with van der Waals surface area (Å²) >= 11 is 0. The van der Waals surface area contributed by atoms with Crippen molar-refractivity contribution in [2.45, 2.75) is 43.4 Å². The smallest absolute Gasteiger partial charge is 0.326 e. The molecule has 4 aromatic rings. The van der Waals surface area contributed by atoms with Crippen LogP contribution in [-0.4, -0.2) is 49.8 Å². The van der Waals surface area contributed by atoms with Gasteiger partial charge >= 0.3 is 6.18 Å². The zero-order chi connectivity index (χ0) is 23.6. The molecule has 0 radical (unpaired) electrons. The molecule has 6 nitrogen and oxygen atoms in total. The lowest BCUT2D eigenvalue weighted by Gasteiger charge is -2.30. The van der Waals surface area contributed by atoms with Gasteiger partial charge in [0.15, 0.2) is 17.3 Å². The minimum atomic E-state index is -4.48. The molecular formula is C24H22F4N6. The quantitative estimate of drug-likeness (QED) is 0.442. The van der Waals surface area contributed by atoms with Crippen molar-refractivity contribution in [1.29, 1.82) is 0 Å². The lowest BCUT2D eigenvalue weighted by Crippen LogP contribution is -2.38. The van der Waals surface area contributed by atoms with E-state index in [-0.39, 0.29) is 47.8 Å². The van der Waals surface area contributed by atoms with Crippen LogP contribution in [0.5, 0.6) is 0 Å². The number of pyridine rings is 2. The molecule has 3 aromatic heterocycles. The van der Waals surface area contributed by atoms with Crippen molar-refractivity contribution in [3.63, 3.8) is 0 Å². The van der Waals surface area contributed by atoms with Gasteiger partial charge in [-0.05, 0) is 48.4 Å². The van der Waals surface area contributed by atoms with Gasteiger partial charge in [0.1, 0.15) is 17.3 Å². The number of rotatable bonds is 4. The van der Waals surface area contributed by atoms with E-state index >= 15 is 4.39 Å². The van der Waals surface area contributed by atoms with Gasteiger partial charge in [0.2, 0.25) is 0 Å². The largest absolute Gasteiger partial charge is 0.408 e. The molecule has 0 amide bonds. The fraction of sp³-hybridized carbons (Fsp3) is 0.375. The first-order valence-corrected chi connectivity index (χ1v) is 11.3. The van der Waals surface area contributed by atoms with E-state index in [1.54, 1.807) is 18.2 Å². The second-order valence-electron chi connectivity index (χ2n) is 9.21. The zero-order valence-electron chi connectivity index (χ0n) is 18.1. The van der Waals surface area contributed by atoms with Gasteiger partial charge in [-0.15, -0.1) is 10.2 Å². The molecular weight excluding hydrogens is 448 g/mol. The fourth-order valence-electron chi connectivity index (χ4n) is 4.90. The number of nitrogens with two attached hydrogens (primary N) is 1. The second-order valence-corrected chi connectivity index (χ2v) is 9.21. The predicted molar refractivity (Wildman–Crippen MR) is 119 cm³/mol. The molecule has 0 unspecified atom stereocenters. The molecule has 1 aliphatic carbocycles. The van der Waals surface area contributed by atoms with Crippen molar-refractivity contribution in [1.82, 2.24) is 24.5 Å². The van der Waals surface area contributed by atoms with Crippen LogP contribution in [0.25, 0.3) is 28.1 Å². The van der Waals surface area contributed by atoms with E-state index in [1.807, 2.05) is 6.07 Å². The van der Waals surface area contributed by atoms with Gasteiger partial charge < -0.3 is 5.73 Å². The minimum Gasteiger partial charge on any atom is -0.326 e. The predicted octanol–water partition coefficient (Wildman–Crippen LogP) is 4.60. The minimum absolute atomic E-state index is 0.0677. The molecule has 1 saturated heterocycles. The maximum atomic E-state index is 15.2. The van der Waals surface area contributed by atoms with E-state index in [0.717, 1.165) is 12.8 Å². The Morgan fingerprint density at radius 1 is 1.00 bits per heavy atom. The Morgan fingerprint density at radius 2 is 1.79 bits per heavy atom. The fourth-order valence-corrected chi connectivity index (χ4v) is 4.90. The SMILES string of the molecule is N[C@H]1CCN([C@H](c2ccc3nnc(-c4ccc5ccc(C6CC6)c(F)c5n4)n3c2)C(F)(F)F)C1. The average Bonchev–Trinajstić information content (AvgIpc) is 3.42. The van der Waals surface area contributed by atoms with Crippen molar-refractivity contribution in [3.05, 3.63) is 59.5 Å². The van der Waals surface area contributed by atoms with Gasteiger partial charge in [-0.25, -0.2) is 9.37 Å². The number of halogens is 4. The van der Waals surface area contributed by atoms with E-state index < -0.39 is 12.2 Å². The Bertz CT molecular complexity index is 1390. The van der Waals surface area contributed by atoms with Gasteiger partial charge in [-0.3, -0.25) is 9.30 Å². The van der Waals surface area contributed by atoms with Crippen molar-refractivity contribution in [2.75, 3.05) is 13.1 Å². The number of aromatic nitrogens is 4. The highest BCUT2D eigenvalue weighted by Gasteiger charge is 2.46. The summed E-state index contributed by atoms with van der Waals surface area (Å²) in [5.74, 6) is 0.136. The summed E-state index contributed by atoms with van der Waals surface area (Å²) < 4.78 is 58.9. The van der Waals surface area contributed by atoms with Crippen LogP contribution in [0.4, 0.5) is 17.6 Å². The third kappa shape index (κ3) is 3.61. The molecule has 1 saturated carbocycles. The van der Waals surface area contributed by atoms with E-state index in [2.05, 4.69) is 15.2 Å². The zero-order valence-corrected chi connectivity index (χ0v) is 18.1. The first kappa shape index (κ1) is 21.4. The molecule has 176 valence electrons. The van der Waals surface area contributed by atoms with Gasteiger partial charge in [0.05, 0.1) is 0 Å². The lowest BCUT2D eigenvalue weighted by atomic mass is 10.1. The van der Waals surface area contributed by atoms with E-state index in [1.165, 1.54) is 27.6 Å². The number of benzene rings is 1. The summed E-state index contributed by atoms with van der Waals surface area (Å²) in [6.45, 7) is 0.444. The van der Waals surface area contributed by atoms with Crippen LogP contribution in [0.2, 0.25) is 0 Å². The van der Waals surface area contributed by atoms with Crippen LogP contribution in [0.1, 0.15) is 42.3 Å². The van der Waals surface area contributed by atoms with Gasteiger partial charge in [-0.1, -0.05) is 24.3 Å². The molecule has 1 aliphatic heterocycles. The van der Waals surface area contributed by atoms with Crippen LogP contribution < -0.4 is 5.73 Å². The molecule has 0 spiro atoms. The number of hydrogen-bond acceptors (Lipinski definition) is 5. The highest BCUT2D eigenvalue weighted by atomic mass is 19.4. The topological polar surface area (TPSA) is 72.3 Å². The standard InChI is InChI=1S/C24H22F4N6/c25-20-17(13-1-2-13)6-3-14-4-7-18(30-21(14)20)23-32-31-19-8-5-15(11-34(19)23)22(24(26,27)28)33-10-9-16(29)12-33/h3-8,11,13,16,22H,1-2,9-10,12,29H2/t16-,22+/m0/s1. The molecule has 0 bridgehead atoms. The van der Waals surface area contributed by atoms with Gasteiger partial charge in [0, 0.05) is 30.7 Å². The highest BCUT2D eigenvalue weighted by molar-refractivity contribution is 5.82. The third-order valence-electron chi connectivity index (χ3n) is 6.75. The first-order chi connectivity index (χ1) is 16.3. The van der Waals surface area contributed by atoms with Crippen molar-refractivity contribution in [2.24, 2.45) is 5.73 Å². The van der Waals surface area contributed by atoms with Crippen LogP contribution in [0.3, 0.4) is 0 Å². The summed E-state index contributed by atoms with van der Waals surface area (Å²) in [5.41, 5.74) is 7.55. The summed E-state index contributed by atoms with van der Waals surface area (Å²) in [6.07, 6.45) is -0.642. The molecule has 10 heteroatoms. The number of fused-ring (bicyclic) bond motifs is 2. The van der Waals surface area contributed by atoms with E-state index in [0.29, 0.717) is 28.7 Å². The second kappa shape index (κ2) is 7.71. The normalized spacial score (nSPS) is 20.4. The van der Waals surface area contributed by atoms with Gasteiger partial charge in [0.25, 0.3) is 0 Å². The number of nitrogens with zero attached hydrogens (tertiary/aromatic N) is 5. The maximum Gasteiger partial charge on any atom is 0.408 e. The molecule has 34 heavy (non-hydrogen) atoms. The average molecular weight is 470 g/mol. The van der Waals surface area contributed by atoms with Crippen molar-refractivity contribution >= 4 is 16.6 Å². The Kier molecular flexibility index (Phi) is 4.86. The van der Waals surface area contributed by atoms with Crippen LogP contribution in [-0.2, 0) is 0 Å². The number of hydrogen-bond donors (Lipinski definition) is 1. The third-order valence-corrected chi connectivity index (χ3v) is 6.75. The van der Waals surface area contributed by atoms with Crippen molar-refractivity contribution in [3.8, 4) is 11.5 Å². The Hall–Kier alpha value is -3.11. The summed E-state index contributed by atoms with van der Waals surface area (Å²) in [4.78, 5) is 5.86. The van der Waals surface area contributed by atoms with Crippen LogP contribution in [0.15, 0.2) is 42.6 Å². The molecule has 2 fully saturated rings. The maximum absolute atomic E-state index is 15.2. The number of alkyl halides is 3. The number of likely N-dealkylation sites (tertiary alicyclic amines) is 1. The Morgan fingerprint density at radius 3 is 2.50 bits per heavy atom. The summed E-state index contributed by atoms with van der Waals surface area (Å²) in [7, 11) is 0.